The number of sulfonamides is 1. The number of amides is 1. The first kappa shape index (κ1) is 13.4. The fourth-order valence-electron chi connectivity index (χ4n) is 3.40. The van der Waals surface area contributed by atoms with E-state index in [2.05, 4.69) is 0 Å². The van der Waals surface area contributed by atoms with Gasteiger partial charge >= 0.3 is 0 Å². The van der Waals surface area contributed by atoms with Crippen LogP contribution in [-0.4, -0.2) is 55.0 Å². The third-order valence-corrected chi connectivity index (χ3v) is 7.37. The average molecular weight is 286 g/mol. The van der Waals surface area contributed by atoms with Crippen molar-refractivity contribution in [1.82, 2.24) is 9.21 Å². The van der Waals surface area contributed by atoms with Crippen LogP contribution < -0.4 is 0 Å². The highest BCUT2D eigenvalue weighted by Gasteiger charge is 2.50. The van der Waals surface area contributed by atoms with Crippen molar-refractivity contribution in [2.24, 2.45) is 5.41 Å². The lowest BCUT2D eigenvalue weighted by atomic mass is 9.77. The van der Waals surface area contributed by atoms with Crippen LogP contribution in [0, 0.1) is 5.41 Å². The Morgan fingerprint density at radius 3 is 2.21 bits per heavy atom. The third kappa shape index (κ3) is 2.09. The molecule has 0 aromatic rings. The molecule has 0 unspecified atom stereocenters. The van der Waals surface area contributed by atoms with Gasteiger partial charge in [0.25, 0.3) is 0 Å². The van der Waals surface area contributed by atoms with Crippen LogP contribution in [0.3, 0.4) is 0 Å². The van der Waals surface area contributed by atoms with E-state index in [1.165, 1.54) is 0 Å². The van der Waals surface area contributed by atoms with Crippen LogP contribution >= 0.6 is 0 Å². The van der Waals surface area contributed by atoms with Gasteiger partial charge in [-0.3, -0.25) is 4.79 Å². The Hall–Kier alpha value is -0.620. The Bertz CT molecular complexity index is 476. The van der Waals surface area contributed by atoms with E-state index in [1.54, 1.807) is 4.31 Å². The van der Waals surface area contributed by atoms with Crippen LogP contribution in [0.15, 0.2) is 0 Å². The van der Waals surface area contributed by atoms with Crippen molar-refractivity contribution >= 4 is 15.9 Å². The lowest BCUT2D eigenvalue weighted by molar-refractivity contribution is -0.137. The average Bonchev–Trinajstić information content (AvgIpc) is 3.20. The maximum absolute atomic E-state index is 12.4. The van der Waals surface area contributed by atoms with Crippen molar-refractivity contribution in [3.63, 3.8) is 0 Å². The molecular weight excluding hydrogens is 264 g/mol. The summed E-state index contributed by atoms with van der Waals surface area (Å²) in [6.45, 7) is 4.67. The summed E-state index contributed by atoms with van der Waals surface area (Å²) in [5.41, 5.74) is -0.258. The minimum Gasteiger partial charge on any atom is -0.342 e. The van der Waals surface area contributed by atoms with Crippen molar-refractivity contribution in [1.29, 1.82) is 0 Å². The molecule has 3 rings (SSSR count). The lowest BCUT2D eigenvalue weighted by Crippen LogP contribution is -2.47. The normalized spacial score (nSPS) is 28.3. The zero-order chi connectivity index (χ0) is 13.7. The molecule has 2 aliphatic heterocycles. The first-order valence-electron chi connectivity index (χ1n) is 7.28. The fourth-order valence-corrected chi connectivity index (χ4v) is 5.25. The number of carbonyl (C=O) groups excluding carboxylic acids is 1. The zero-order valence-corrected chi connectivity index (χ0v) is 12.3. The minimum atomic E-state index is -3.06. The first-order chi connectivity index (χ1) is 8.99. The zero-order valence-electron chi connectivity index (χ0n) is 11.5. The Morgan fingerprint density at radius 1 is 1.16 bits per heavy atom. The molecular formula is C13H22N2O3S. The number of hydrogen-bond acceptors (Lipinski definition) is 3. The number of carbonyl (C=O) groups is 1. The number of nitrogens with zero attached hydrogens (tertiary/aromatic N) is 2. The molecule has 0 aromatic heterocycles. The van der Waals surface area contributed by atoms with Crippen LogP contribution in [-0.2, 0) is 14.8 Å². The van der Waals surface area contributed by atoms with Gasteiger partial charge in [-0.05, 0) is 39.0 Å². The Morgan fingerprint density at radius 2 is 1.74 bits per heavy atom. The quantitative estimate of drug-likeness (QED) is 0.771. The van der Waals surface area contributed by atoms with Crippen molar-refractivity contribution < 1.29 is 13.2 Å². The van der Waals surface area contributed by atoms with E-state index in [0.29, 0.717) is 25.9 Å². The van der Waals surface area contributed by atoms with E-state index in [4.69, 9.17) is 0 Å². The van der Waals surface area contributed by atoms with E-state index in [-0.39, 0.29) is 16.6 Å². The second-order valence-corrected chi connectivity index (χ2v) is 8.27. The molecule has 108 valence electrons. The van der Waals surface area contributed by atoms with Gasteiger partial charge in [0.1, 0.15) is 0 Å². The summed E-state index contributed by atoms with van der Waals surface area (Å²) in [7, 11) is -3.06. The van der Waals surface area contributed by atoms with Crippen LogP contribution in [0.1, 0.15) is 39.0 Å². The molecule has 1 spiro atoms. The summed E-state index contributed by atoms with van der Waals surface area (Å²) >= 11 is 0. The van der Waals surface area contributed by atoms with Crippen LogP contribution in [0.4, 0.5) is 0 Å². The summed E-state index contributed by atoms with van der Waals surface area (Å²) in [4.78, 5) is 14.3. The smallest absolute Gasteiger partial charge is 0.228 e. The van der Waals surface area contributed by atoms with Gasteiger partial charge in [0, 0.05) is 26.2 Å². The maximum atomic E-state index is 12.4. The van der Waals surface area contributed by atoms with Gasteiger partial charge in [-0.25, -0.2) is 12.7 Å². The molecule has 0 atom stereocenters. The molecule has 0 radical (unpaired) electrons. The minimum absolute atomic E-state index is 0.132. The Kier molecular flexibility index (Phi) is 3.13. The SMILES string of the molecule is CCN1CCC2(CCN(S(=O)(=O)C3CC3)CC2)C1=O. The number of piperidine rings is 1. The molecule has 2 heterocycles. The van der Waals surface area contributed by atoms with Gasteiger partial charge in [-0.1, -0.05) is 0 Å². The highest BCUT2D eigenvalue weighted by Crippen LogP contribution is 2.43. The van der Waals surface area contributed by atoms with E-state index < -0.39 is 10.0 Å². The van der Waals surface area contributed by atoms with Crippen LogP contribution in [0.5, 0.6) is 0 Å². The summed E-state index contributed by atoms with van der Waals surface area (Å²) in [5.74, 6) is 0.249. The standard InChI is InChI=1S/C13H22N2O3S/c1-2-14-8-5-13(12(14)16)6-9-15(10-7-13)19(17,18)11-3-4-11/h11H,2-10H2,1H3. The monoisotopic (exact) mass is 286 g/mol. The van der Waals surface area contributed by atoms with Gasteiger partial charge < -0.3 is 4.90 Å². The number of hydrogen-bond donors (Lipinski definition) is 0. The summed E-state index contributed by atoms with van der Waals surface area (Å²) in [5, 5.41) is -0.132. The molecule has 0 bridgehead atoms. The molecule has 19 heavy (non-hydrogen) atoms. The van der Waals surface area contributed by atoms with E-state index in [0.717, 1.165) is 32.4 Å². The number of likely N-dealkylation sites (tertiary alicyclic amines) is 1. The van der Waals surface area contributed by atoms with E-state index >= 15 is 0 Å². The fraction of sp³-hybridized carbons (Fsp3) is 0.923. The van der Waals surface area contributed by atoms with Crippen molar-refractivity contribution in [2.75, 3.05) is 26.2 Å². The van der Waals surface area contributed by atoms with E-state index in [9.17, 15) is 13.2 Å². The molecule has 0 N–H and O–H groups in total. The van der Waals surface area contributed by atoms with Gasteiger partial charge in [0.05, 0.1) is 10.7 Å². The molecule has 3 aliphatic rings. The van der Waals surface area contributed by atoms with Crippen molar-refractivity contribution in [2.45, 2.75) is 44.3 Å². The maximum Gasteiger partial charge on any atom is 0.228 e. The van der Waals surface area contributed by atoms with Crippen molar-refractivity contribution in [3.8, 4) is 0 Å². The van der Waals surface area contributed by atoms with Gasteiger partial charge in [-0.2, -0.15) is 0 Å². The molecule has 1 aliphatic carbocycles. The molecule has 6 heteroatoms. The Labute approximate surface area is 115 Å². The van der Waals surface area contributed by atoms with Crippen LogP contribution in [0.2, 0.25) is 0 Å². The topological polar surface area (TPSA) is 57.7 Å². The Balaban J connectivity index is 1.68. The molecule has 2 saturated heterocycles. The van der Waals surface area contributed by atoms with Crippen LogP contribution in [0.25, 0.3) is 0 Å². The summed E-state index contributed by atoms with van der Waals surface area (Å²) < 4.78 is 26.0. The van der Waals surface area contributed by atoms with Crippen molar-refractivity contribution in [3.05, 3.63) is 0 Å². The second-order valence-electron chi connectivity index (χ2n) is 6.06. The van der Waals surface area contributed by atoms with Gasteiger partial charge in [0.2, 0.25) is 15.9 Å². The molecule has 1 amide bonds. The highest BCUT2D eigenvalue weighted by molar-refractivity contribution is 7.90. The van der Waals surface area contributed by atoms with Gasteiger partial charge in [-0.15, -0.1) is 0 Å². The van der Waals surface area contributed by atoms with E-state index in [1.807, 2.05) is 11.8 Å². The predicted octanol–water partition coefficient (Wildman–Crippen LogP) is 0.813. The molecule has 3 fully saturated rings. The molecule has 5 nitrogen and oxygen atoms in total. The first-order valence-corrected chi connectivity index (χ1v) is 8.78. The lowest BCUT2D eigenvalue weighted by Gasteiger charge is -2.37. The molecule has 1 saturated carbocycles. The van der Waals surface area contributed by atoms with Gasteiger partial charge in [0.15, 0.2) is 0 Å². The summed E-state index contributed by atoms with van der Waals surface area (Å²) in [6, 6.07) is 0. The largest absolute Gasteiger partial charge is 0.342 e. The molecule has 0 aromatic carbocycles. The number of rotatable bonds is 3. The predicted molar refractivity (Wildman–Crippen MR) is 72.1 cm³/mol. The third-order valence-electron chi connectivity index (χ3n) is 4.97. The highest BCUT2D eigenvalue weighted by atomic mass is 32.2. The summed E-state index contributed by atoms with van der Waals surface area (Å²) in [6.07, 6.45) is 3.93. The second kappa shape index (κ2) is 4.45.